The molecule has 0 amide bonds. The lowest BCUT2D eigenvalue weighted by Crippen LogP contribution is -2.37. The Morgan fingerprint density at radius 2 is 2.14 bits per heavy atom. The second-order valence-corrected chi connectivity index (χ2v) is 6.19. The Kier molecular flexibility index (Phi) is 3.00. The largest absolute Gasteiger partial charge is 0.487 e. The molecule has 0 spiro atoms. The second kappa shape index (κ2) is 5.00. The van der Waals surface area contributed by atoms with Gasteiger partial charge >= 0.3 is 5.69 Å². The third-order valence-electron chi connectivity index (χ3n) is 3.83. The molecule has 106 valence electrons. The average Bonchev–Trinajstić information content (AvgIpc) is 3.04. The van der Waals surface area contributed by atoms with Crippen LogP contribution in [-0.2, 0) is 13.0 Å². The summed E-state index contributed by atoms with van der Waals surface area (Å²) in [4.78, 5) is 13.9. The fourth-order valence-electron chi connectivity index (χ4n) is 2.86. The molecule has 3 aromatic rings. The molecule has 3 heterocycles. The molecule has 0 saturated carbocycles. The van der Waals surface area contributed by atoms with Crippen molar-refractivity contribution in [2.75, 3.05) is 6.61 Å². The minimum absolute atomic E-state index is 0.592. The van der Waals surface area contributed by atoms with Crippen LogP contribution in [0.25, 0.3) is 10.9 Å². The van der Waals surface area contributed by atoms with Crippen molar-refractivity contribution < 1.29 is 9.28 Å². The van der Waals surface area contributed by atoms with Crippen LogP contribution in [0, 0.1) is 4.91 Å². The molecule has 0 N–H and O–H groups in total. The van der Waals surface area contributed by atoms with E-state index in [4.69, 9.17) is 4.74 Å². The van der Waals surface area contributed by atoms with Crippen LogP contribution < -0.4 is 9.28 Å². The van der Waals surface area contributed by atoms with Crippen LogP contribution in [0.5, 0.6) is 5.75 Å². The van der Waals surface area contributed by atoms with Gasteiger partial charge in [-0.15, -0.1) is 11.3 Å². The van der Waals surface area contributed by atoms with Gasteiger partial charge in [-0.1, -0.05) is 22.9 Å². The Bertz CT molecular complexity index is 853. The standard InChI is InChI=1S/C16H15N2O2S/c19-18-15-8-3-9-20-16(15)13-6-1-2-7-14(13)17(18)11-12-5-4-10-21-12/h1-2,4-7,10H,3,8-9,11H2/q+1. The van der Waals surface area contributed by atoms with Gasteiger partial charge < -0.3 is 4.74 Å². The molecule has 0 saturated heterocycles. The third kappa shape index (κ3) is 2.05. The van der Waals surface area contributed by atoms with E-state index < -0.39 is 0 Å². The van der Waals surface area contributed by atoms with E-state index in [1.807, 2.05) is 35.7 Å². The lowest BCUT2D eigenvalue weighted by Gasteiger charge is -2.15. The Morgan fingerprint density at radius 1 is 1.24 bits per heavy atom. The summed E-state index contributed by atoms with van der Waals surface area (Å²) in [6, 6.07) is 12.0. The molecule has 1 aromatic carbocycles. The molecule has 0 radical (unpaired) electrons. The van der Waals surface area contributed by atoms with Crippen molar-refractivity contribution in [3.05, 3.63) is 57.3 Å². The highest BCUT2D eigenvalue weighted by Gasteiger charge is 2.28. The molecule has 5 heteroatoms. The molecule has 0 atom stereocenters. The molecule has 4 rings (SSSR count). The van der Waals surface area contributed by atoms with Gasteiger partial charge in [-0.2, -0.15) is 0 Å². The van der Waals surface area contributed by atoms with Crippen LogP contribution in [0.2, 0.25) is 0 Å². The Hall–Kier alpha value is -2.14. The van der Waals surface area contributed by atoms with E-state index in [1.165, 1.54) is 4.88 Å². The third-order valence-corrected chi connectivity index (χ3v) is 4.69. The number of hydrogen-bond donors (Lipinski definition) is 0. The van der Waals surface area contributed by atoms with Crippen molar-refractivity contribution >= 4 is 22.2 Å². The van der Waals surface area contributed by atoms with Gasteiger partial charge in [0.05, 0.1) is 16.9 Å². The number of thiophene rings is 1. The summed E-state index contributed by atoms with van der Waals surface area (Å²) in [7, 11) is 0. The number of benzene rings is 1. The minimum Gasteiger partial charge on any atom is -0.487 e. The van der Waals surface area contributed by atoms with Crippen LogP contribution >= 0.6 is 11.3 Å². The smallest absolute Gasteiger partial charge is 0.311 e. The predicted octanol–water partition coefficient (Wildman–Crippen LogP) is 2.99. The summed E-state index contributed by atoms with van der Waals surface area (Å²) in [5.74, 6) is 0.759. The Labute approximate surface area is 125 Å². The average molecular weight is 299 g/mol. The first-order valence-electron chi connectivity index (χ1n) is 7.07. The number of para-hydroxylation sites is 1. The van der Waals surface area contributed by atoms with Crippen molar-refractivity contribution in [2.24, 2.45) is 0 Å². The second-order valence-electron chi connectivity index (χ2n) is 5.15. The van der Waals surface area contributed by atoms with Crippen molar-refractivity contribution in [1.82, 2.24) is 4.68 Å². The number of fused-ring (bicyclic) bond motifs is 3. The van der Waals surface area contributed by atoms with E-state index in [0.717, 1.165) is 39.7 Å². The van der Waals surface area contributed by atoms with Gasteiger partial charge in [0.15, 0.2) is 4.54 Å². The highest BCUT2D eigenvalue weighted by atomic mass is 32.1. The number of aromatic nitrogens is 2. The summed E-state index contributed by atoms with van der Waals surface area (Å²) < 4.78 is 8.60. The maximum absolute atomic E-state index is 12.8. The number of rotatable bonds is 2. The lowest BCUT2D eigenvalue weighted by molar-refractivity contribution is -0.603. The molecule has 0 unspecified atom stereocenters. The molecule has 1 aliphatic heterocycles. The summed E-state index contributed by atoms with van der Waals surface area (Å²) in [6.07, 6.45) is 1.67. The van der Waals surface area contributed by atoms with Gasteiger partial charge in [0.2, 0.25) is 5.75 Å². The maximum Gasteiger partial charge on any atom is 0.311 e. The fraction of sp³-hybridized carbons (Fsp3) is 0.250. The van der Waals surface area contributed by atoms with Crippen molar-refractivity contribution in [3.8, 4) is 5.75 Å². The molecule has 2 aromatic heterocycles. The predicted molar refractivity (Wildman–Crippen MR) is 82.5 cm³/mol. The van der Waals surface area contributed by atoms with Gasteiger partial charge in [0, 0.05) is 11.3 Å². The Balaban J connectivity index is 2.01. The molecule has 21 heavy (non-hydrogen) atoms. The van der Waals surface area contributed by atoms with Crippen LogP contribution in [0.15, 0.2) is 41.8 Å². The van der Waals surface area contributed by atoms with Gasteiger partial charge in [0.25, 0.3) is 0 Å². The Morgan fingerprint density at radius 3 is 3.00 bits per heavy atom. The fourth-order valence-corrected chi connectivity index (χ4v) is 3.55. The van der Waals surface area contributed by atoms with E-state index in [-0.39, 0.29) is 0 Å². The number of ether oxygens (including phenoxy) is 1. The van der Waals surface area contributed by atoms with E-state index in [9.17, 15) is 4.91 Å². The summed E-state index contributed by atoms with van der Waals surface area (Å²) in [5.41, 5.74) is 1.66. The summed E-state index contributed by atoms with van der Waals surface area (Å²) in [5, 5.41) is 3.06. The molecule has 0 aliphatic carbocycles. The zero-order valence-electron chi connectivity index (χ0n) is 11.5. The van der Waals surface area contributed by atoms with Crippen LogP contribution in [-0.4, -0.2) is 11.3 Å². The van der Waals surface area contributed by atoms with Crippen molar-refractivity contribution in [3.63, 3.8) is 0 Å². The molecular weight excluding hydrogens is 284 g/mol. The molecular formula is C16H15N2O2S+. The van der Waals surface area contributed by atoms with Gasteiger partial charge in [-0.3, -0.25) is 0 Å². The number of nitrogens with zero attached hydrogens (tertiary/aromatic N) is 2. The maximum atomic E-state index is 12.8. The van der Waals surface area contributed by atoms with E-state index in [1.54, 1.807) is 16.0 Å². The molecule has 0 bridgehead atoms. The highest BCUT2D eigenvalue weighted by molar-refractivity contribution is 7.09. The monoisotopic (exact) mass is 299 g/mol. The van der Waals surface area contributed by atoms with Gasteiger partial charge in [-0.05, 0) is 30.0 Å². The quantitative estimate of drug-likeness (QED) is 0.682. The van der Waals surface area contributed by atoms with E-state index in [0.29, 0.717) is 13.2 Å². The summed E-state index contributed by atoms with van der Waals surface area (Å²) >= 11 is 1.67. The van der Waals surface area contributed by atoms with Crippen LogP contribution in [0.4, 0.5) is 0 Å². The van der Waals surface area contributed by atoms with Gasteiger partial charge in [-0.25, -0.2) is 0 Å². The zero-order chi connectivity index (χ0) is 14.2. The molecule has 1 aliphatic rings. The normalized spacial score (nSPS) is 13.9. The van der Waals surface area contributed by atoms with Crippen LogP contribution in [0.1, 0.15) is 17.0 Å². The molecule has 0 fully saturated rings. The summed E-state index contributed by atoms with van der Waals surface area (Å²) in [6.45, 7) is 1.28. The van der Waals surface area contributed by atoms with Crippen LogP contribution in [0.3, 0.4) is 0 Å². The first-order chi connectivity index (χ1) is 10.3. The van der Waals surface area contributed by atoms with E-state index in [2.05, 4.69) is 6.07 Å². The van der Waals surface area contributed by atoms with E-state index >= 15 is 0 Å². The highest BCUT2D eigenvalue weighted by Crippen LogP contribution is 2.30. The zero-order valence-corrected chi connectivity index (χ0v) is 12.3. The number of hydrogen-bond acceptors (Lipinski definition) is 3. The molecule has 4 nitrogen and oxygen atoms in total. The minimum atomic E-state index is 0.592. The topological polar surface area (TPSA) is 37.1 Å². The lowest BCUT2D eigenvalue weighted by atomic mass is 10.1. The SMILES string of the molecule is O=[n+]1c2c(c3ccccc3n1Cc1cccs1)OCCC2. The first kappa shape index (κ1) is 12.6. The van der Waals surface area contributed by atoms with Crippen molar-refractivity contribution in [2.45, 2.75) is 19.4 Å². The first-order valence-corrected chi connectivity index (χ1v) is 7.95. The van der Waals surface area contributed by atoms with Crippen molar-refractivity contribution in [1.29, 1.82) is 0 Å². The van der Waals surface area contributed by atoms with Gasteiger partial charge in [0.1, 0.15) is 12.1 Å².